The summed E-state index contributed by atoms with van der Waals surface area (Å²) in [7, 11) is 0. The van der Waals surface area contributed by atoms with Gasteiger partial charge in [-0.3, -0.25) is 72.1 Å². The smallest absolute Gasteiger partial charge is 0.245 e. The molecule has 0 aliphatic heterocycles. The predicted octanol–water partition coefficient (Wildman–Crippen LogP) is -1.69. The molecule has 0 bridgehead atoms. The van der Waals surface area contributed by atoms with Crippen molar-refractivity contribution < 1.29 is 77.3 Å². The van der Waals surface area contributed by atoms with Crippen LogP contribution < -0.4 is 75.7 Å². The number of hydrogen-bond donors (Lipinski definition) is 18. The molecule has 3 aromatic rings. The summed E-state index contributed by atoms with van der Waals surface area (Å²) in [6, 6.07) is -4.93. The number of aliphatic hydroxyl groups excluding tert-OH is 2. The molecule has 0 saturated carbocycles. The highest BCUT2D eigenvalue weighted by molar-refractivity contribution is 7.98. The van der Waals surface area contributed by atoms with E-state index in [1.54, 1.807) is 44.3 Å². The first-order chi connectivity index (χ1) is 49.0. The summed E-state index contributed by atoms with van der Waals surface area (Å²) in [5.74, 6) is -11.4. The van der Waals surface area contributed by atoms with Gasteiger partial charge in [-0.25, -0.2) is 4.98 Å². The van der Waals surface area contributed by atoms with E-state index in [-0.39, 0.29) is 72.9 Å². The number of aromatic nitrogens is 3. The van der Waals surface area contributed by atoms with Crippen molar-refractivity contribution in [2.75, 3.05) is 44.8 Å². The van der Waals surface area contributed by atoms with Crippen molar-refractivity contribution in [1.29, 1.82) is 0 Å². The Morgan fingerprint density at radius 1 is 0.635 bits per heavy atom. The van der Waals surface area contributed by atoms with Crippen LogP contribution in [0.3, 0.4) is 0 Å². The number of carbonyl (C=O) groups is 14. The molecule has 1 aromatic carbocycles. The van der Waals surface area contributed by atoms with Crippen molar-refractivity contribution in [3.05, 3.63) is 65.6 Å². The second-order valence-electron chi connectivity index (χ2n) is 27.8. The molecule has 0 saturated heterocycles. The van der Waals surface area contributed by atoms with Gasteiger partial charge in [-0.1, -0.05) is 73.6 Å². The van der Waals surface area contributed by atoms with E-state index in [0.717, 1.165) is 0 Å². The maximum absolute atomic E-state index is 14.4. The van der Waals surface area contributed by atoms with Crippen molar-refractivity contribution in [2.24, 2.45) is 45.4 Å². The highest BCUT2D eigenvalue weighted by Crippen LogP contribution is 2.37. The predicted molar refractivity (Wildman–Crippen MR) is 388 cm³/mol. The second kappa shape index (κ2) is 42.7. The number of fused-ring (bicyclic) bond motifs is 1. The van der Waals surface area contributed by atoms with Gasteiger partial charge in [0.1, 0.15) is 54.1 Å². The number of para-hydroxylation sites is 1. The van der Waals surface area contributed by atoms with Crippen molar-refractivity contribution >= 4 is 111 Å². The Balaban J connectivity index is 1.37. The first-order valence-corrected chi connectivity index (χ1v) is 36.1. The maximum atomic E-state index is 14.4. The summed E-state index contributed by atoms with van der Waals surface area (Å²) in [5, 5.41) is 48.8. The van der Waals surface area contributed by atoms with Crippen molar-refractivity contribution in [3.8, 4) is 0 Å². The van der Waals surface area contributed by atoms with Crippen LogP contribution in [0.25, 0.3) is 10.9 Å². The van der Waals surface area contributed by atoms with E-state index in [1.165, 1.54) is 31.2 Å². The Hall–Kier alpha value is -9.77. The maximum Gasteiger partial charge on any atom is 0.245 e. The molecule has 1 aliphatic carbocycles. The van der Waals surface area contributed by atoms with Gasteiger partial charge >= 0.3 is 0 Å². The van der Waals surface area contributed by atoms with E-state index < -0.39 is 176 Å². The van der Waals surface area contributed by atoms with E-state index in [2.05, 4.69) is 78.4 Å². The number of amides is 13. The van der Waals surface area contributed by atoms with Crippen LogP contribution in [0.2, 0.25) is 0 Å². The Bertz CT molecular complexity index is 3560. The molecule has 35 heteroatoms. The molecule has 34 nitrogen and oxygen atoms in total. The number of hydrogen-bond acceptors (Lipinski definition) is 20. The van der Waals surface area contributed by atoms with Gasteiger partial charge in [-0.15, -0.1) is 0 Å². The van der Waals surface area contributed by atoms with E-state index in [9.17, 15) is 77.3 Å². The number of unbranched alkanes of at least 4 members (excludes halogenated alkanes) is 1. The van der Waals surface area contributed by atoms with Gasteiger partial charge in [0.2, 0.25) is 76.8 Å². The van der Waals surface area contributed by atoms with E-state index in [1.807, 2.05) is 47.8 Å². The largest absolute Gasteiger partial charge is 0.511 e. The Kier molecular flexibility index (Phi) is 35.6. The number of benzene rings is 1. The molecule has 104 heavy (non-hydrogen) atoms. The quantitative estimate of drug-likeness (QED) is 0.0222. The summed E-state index contributed by atoms with van der Waals surface area (Å²) in [6.45, 7) is 13.1. The van der Waals surface area contributed by atoms with Gasteiger partial charge in [0.25, 0.3) is 0 Å². The number of imidazole rings is 1. The summed E-state index contributed by atoms with van der Waals surface area (Å²) >= 11 is 1.45. The minimum Gasteiger partial charge on any atom is -0.511 e. The fourth-order valence-electron chi connectivity index (χ4n) is 11.2. The van der Waals surface area contributed by atoms with Crippen LogP contribution in [-0.4, -0.2) is 213 Å². The molecule has 9 atom stereocenters. The molecular weight excluding hydrogens is 1370 g/mol. The lowest BCUT2D eigenvalue weighted by Crippen LogP contribution is -2.59. The molecule has 21 N–H and O–H groups in total. The summed E-state index contributed by atoms with van der Waals surface area (Å²) in [4.78, 5) is 202. The van der Waals surface area contributed by atoms with Crippen LogP contribution in [0.4, 0.5) is 0 Å². The van der Waals surface area contributed by atoms with Crippen LogP contribution in [0.1, 0.15) is 138 Å². The first-order valence-electron chi connectivity index (χ1n) is 34.7. The van der Waals surface area contributed by atoms with Gasteiger partial charge in [-0.2, -0.15) is 11.8 Å². The Morgan fingerprint density at radius 2 is 1.21 bits per heavy atom. The summed E-state index contributed by atoms with van der Waals surface area (Å²) in [5.41, 5.74) is 19.2. The van der Waals surface area contributed by atoms with Crippen LogP contribution >= 0.6 is 11.8 Å². The number of primary amides is 2. The lowest BCUT2D eigenvalue weighted by molar-refractivity contribution is -0.135. The lowest BCUT2D eigenvalue weighted by Gasteiger charge is -2.30. The Morgan fingerprint density at radius 3 is 1.80 bits per heavy atom. The number of ketones is 1. The number of carbonyl (C=O) groups excluding carboxylic acids is 14. The topological polar surface area (TPSA) is 547 Å². The lowest BCUT2D eigenvalue weighted by atomic mass is 9.75. The molecule has 2 aromatic heterocycles. The number of aromatic amines is 2. The van der Waals surface area contributed by atoms with Crippen molar-refractivity contribution in [1.82, 2.24) is 73.4 Å². The van der Waals surface area contributed by atoms with Crippen molar-refractivity contribution in [3.63, 3.8) is 0 Å². The molecule has 574 valence electrons. The number of aliphatic hydroxyl groups is 2. The monoisotopic (exact) mass is 1470 g/mol. The third kappa shape index (κ3) is 29.5. The molecule has 13 amide bonds. The summed E-state index contributed by atoms with van der Waals surface area (Å²) in [6.07, 6.45) is 7.70. The SMILES string of the molecule is CSCC[C@H](NC(=O)[C@H](CC(C)C)NC(=O)[C@H](Cc1cnc[nH]1)NC(=O)CNC(=O)[C@@H](NC(=O)[C@H](C)NC(=O)[C@H](Cc1c[nH]c2ccccc12)NC(=O)[C@H](CCC(N)=O)NC(=O)CNC(=O)[C@H](CO)NC(=O)CNC(=O)[C@@H](N)CCCCN=C(CC(C)C)C1=C(O)CC(C)(C)CC1=O)C(C)C)C(N)=O. The average Bonchev–Trinajstić information content (AvgIpc) is 1.39. The minimum atomic E-state index is -1.63. The molecule has 0 fully saturated rings. The third-order valence-corrected chi connectivity index (χ3v) is 17.4. The number of aliphatic imine (C=N–C) groups is 1. The molecule has 1 aliphatic rings. The van der Waals surface area contributed by atoms with Gasteiger partial charge in [0.05, 0.1) is 44.2 Å². The zero-order valence-corrected chi connectivity index (χ0v) is 61.7. The van der Waals surface area contributed by atoms with Gasteiger partial charge < -0.3 is 95.9 Å². The van der Waals surface area contributed by atoms with Gasteiger partial charge in [-0.05, 0) is 98.7 Å². The highest BCUT2D eigenvalue weighted by atomic mass is 32.2. The van der Waals surface area contributed by atoms with Gasteiger partial charge in [0, 0.05) is 73.4 Å². The van der Waals surface area contributed by atoms with Crippen LogP contribution in [0.15, 0.2) is 59.3 Å². The number of allylic oxidation sites excluding steroid dienone is 2. The average molecular weight is 1480 g/mol. The molecule has 0 radical (unpaired) electrons. The standard InChI is InChI=1S/C69H106N18O16S/c1-36(2)23-47(58-52(89)27-69(8,9)28-53(58)90)74-21-14-13-16-43(70)62(97)76-31-57(94)83-51(34-88)63(98)77-32-55(92)81-46(18-19-54(71)91)64(99)86-49(25-40-29-75-44-17-12-11-15-42(40)44)65(100)80-39(7)61(96)87-59(38(5)6)68(103)78-33-56(93)82-50(26-41-30-73-35-79-41)67(102)85-48(24-37(3)4)66(101)84-45(60(72)95)20-22-104-10/h11-12,15,17,29-30,35-39,43,45-46,48-51,59,75,88-89H,13-14,16,18-28,31-34,70H2,1-10H3,(H2,71,91)(H2,72,95)(H,73,79)(H,76,97)(H,77,98)(H,78,103)(H,80,100)(H,81,92)(H,82,93)(H,83,94)(H,84,101)(H,85,102)(H,86,99)(H,87,96)/t39-,43-,45-,46-,48-,49-,50-,51-,59-/m0/s1. The summed E-state index contributed by atoms with van der Waals surface area (Å²) < 4.78 is 0. The third-order valence-electron chi connectivity index (χ3n) is 16.7. The molecule has 0 unspecified atom stereocenters. The number of H-pyrrole nitrogens is 2. The van der Waals surface area contributed by atoms with E-state index in [4.69, 9.17) is 17.2 Å². The number of nitrogens with two attached hydrogens (primary N) is 3. The van der Waals surface area contributed by atoms with E-state index >= 15 is 0 Å². The van der Waals surface area contributed by atoms with Gasteiger partial charge in [0.15, 0.2) is 5.78 Å². The molecule has 4 rings (SSSR count). The number of nitrogens with one attached hydrogen (secondary N) is 13. The highest BCUT2D eigenvalue weighted by Gasteiger charge is 2.37. The minimum absolute atomic E-state index is 0.0312. The fourth-order valence-corrected chi connectivity index (χ4v) is 11.7. The zero-order chi connectivity index (χ0) is 77.5. The normalized spacial score (nSPS) is 15.6. The second-order valence-corrected chi connectivity index (χ2v) is 28.8. The number of Topliss-reactive ketones (excluding diaryl/α,β-unsaturated/α-hetero) is 1. The van der Waals surface area contributed by atoms with E-state index in [0.29, 0.717) is 65.9 Å². The molecule has 0 spiro atoms. The number of nitrogens with zero attached hydrogens (tertiary/aromatic N) is 2. The Labute approximate surface area is 608 Å². The van der Waals surface area contributed by atoms with Crippen LogP contribution in [-0.2, 0) is 80.0 Å². The zero-order valence-electron chi connectivity index (χ0n) is 60.8. The number of thioether (sulfide) groups is 1. The van der Waals surface area contributed by atoms with Crippen LogP contribution in [0, 0.1) is 23.2 Å². The fraction of sp³-hybridized carbons (Fsp3) is 0.594. The number of rotatable bonds is 45. The van der Waals surface area contributed by atoms with Crippen LogP contribution in [0.5, 0.6) is 0 Å². The molecule has 2 heterocycles. The first kappa shape index (κ1) is 86.6. The van der Waals surface area contributed by atoms with Crippen molar-refractivity contribution in [2.45, 2.75) is 194 Å². The molecular formula is C69H106N18O16S.